The van der Waals surface area contributed by atoms with E-state index < -0.39 is 18.0 Å². The number of nitrogens with zero attached hydrogens (tertiary/aromatic N) is 1. The number of anilines is 1. The number of hydrogen-bond donors (Lipinski definition) is 1. The topological polar surface area (TPSA) is 93.1 Å². The fourth-order valence-corrected chi connectivity index (χ4v) is 4.23. The first-order valence-electron chi connectivity index (χ1n) is 9.90. The number of amides is 1. The molecule has 7 nitrogen and oxygen atoms in total. The van der Waals surface area contributed by atoms with Crippen molar-refractivity contribution in [3.05, 3.63) is 65.7 Å². The van der Waals surface area contributed by atoms with E-state index >= 15 is 0 Å². The van der Waals surface area contributed by atoms with Gasteiger partial charge in [-0.15, -0.1) is 0 Å². The summed E-state index contributed by atoms with van der Waals surface area (Å²) in [5.41, 5.74) is 2.20. The Bertz CT molecular complexity index is 1150. The Morgan fingerprint density at radius 3 is 2.28 bits per heavy atom. The molecule has 0 saturated heterocycles. The molecular weight excluding hydrogens is 430 g/mol. The minimum atomic E-state index is -1.47. The van der Waals surface area contributed by atoms with Gasteiger partial charge >= 0.3 is 12.1 Å². The van der Waals surface area contributed by atoms with Crippen LogP contribution in [0.2, 0.25) is 0 Å². The number of carbonyl (C=O) groups excluding carboxylic acids is 2. The van der Waals surface area contributed by atoms with Crippen LogP contribution in [0.4, 0.5) is 10.5 Å². The van der Waals surface area contributed by atoms with Crippen LogP contribution in [0.15, 0.2) is 54.6 Å². The predicted octanol–water partition coefficient (Wildman–Crippen LogP) is 5.76. The molecule has 1 amide bonds. The first-order chi connectivity index (χ1) is 15.2. The van der Waals surface area contributed by atoms with Crippen molar-refractivity contribution in [3.63, 3.8) is 0 Å². The third-order valence-corrected chi connectivity index (χ3v) is 5.59. The van der Waals surface area contributed by atoms with Crippen molar-refractivity contribution in [3.8, 4) is 21.3 Å². The minimum absolute atomic E-state index is 0.0829. The van der Waals surface area contributed by atoms with E-state index in [4.69, 9.17) is 9.47 Å². The molecule has 1 aromatic heterocycles. The lowest BCUT2D eigenvalue weighted by atomic mass is 10.1. The average Bonchev–Trinajstić information content (AvgIpc) is 3.10. The van der Waals surface area contributed by atoms with Gasteiger partial charge in [0.2, 0.25) is 5.06 Å². The second kappa shape index (κ2) is 9.65. The van der Waals surface area contributed by atoms with Gasteiger partial charge in [0.15, 0.2) is 0 Å². The lowest BCUT2D eigenvalue weighted by molar-refractivity contribution is -0.131. The summed E-state index contributed by atoms with van der Waals surface area (Å²) < 4.78 is 10.3. The molecule has 32 heavy (non-hydrogen) atoms. The van der Waals surface area contributed by atoms with Crippen LogP contribution in [0.25, 0.3) is 10.4 Å². The summed E-state index contributed by atoms with van der Waals surface area (Å²) in [6, 6.07) is 15.7. The summed E-state index contributed by atoms with van der Waals surface area (Å²) in [6.07, 6.45) is -1.47. The van der Waals surface area contributed by atoms with Gasteiger partial charge in [-0.3, -0.25) is 9.59 Å². The van der Waals surface area contributed by atoms with Crippen molar-refractivity contribution >= 4 is 35.1 Å². The first-order valence-corrected chi connectivity index (χ1v) is 10.7. The molecule has 0 aliphatic rings. The molecule has 0 aliphatic carbocycles. The minimum Gasteiger partial charge on any atom is -0.449 e. The molecule has 166 valence electrons. The van der Waals surface area contributed by atoms with Crippen molar-refractivity contribution in [2.45, 2.75) is 33.7 Å². The number of aryl methyl sites for hydroxylation is 1. The molecule has 1 heterocycles. The molecule has 1 N–H and O–H groups in total. The molecule has 3 aromatic rings. The maximum atomic E-state index is 13.6. The zero-order valence-corrected chi connectivity index (χ0v) is 18.9. The zero-order valence-electron chi connectivity index (χ0n) is 18.1. The highest BCUT2D eigenvalue weighted by atomic mass is 32.1. The first kappa shape index (κ1) is 23.0. The molecule has 8 heteroatoms. The number of rotatable bonds is 6. The molecule has 0 bridgehead atoms. The second-order valence-electron chi connectivity index (χ2n) is 7.38. The van der Waals surface area contributed by atoms with Crippen molar-refractivity contribution in [1.82, 2.24) is 0 Å². The van der Waals surface area contributed by atoms with E-state index in [2.05, 4.69) is 0 Å². The molecule has 0 atom stereocenters. The van der Waals surface area contributed by atoms with Gasteiger partial charge in [-0.1, -0.05) is 47.7 Å². The molecule has 2 aromatic carbocycles. The molecule has 0 aliphatic heterocycles. The number of thiophene rings is 1. The Kier molecular flexibility index (Phi) is 6.95. The Hall–Kier alpha value is -3.65. The van der Waals surface area contributed by atoms with E-state index in [1.165, 1.54) is 11.8 Å². The van der Waals surface area contributed by atoms with Crippen LogP contribution in [0.5, 0.6) is 10.8 Å². The largest absolute Gasteiger partial charge is 0.512 e. The smallest absolute Gasteiger partial charge is 0.449 e. The van der Waals surface area contributed by atoms with E-state index in [-0.39, 0.29) is 22.4 Å². The standard InChI is InChI=1S/C24H23NO6S/c1-14(2)25(22(27)18-11-10-15(3)12-20(18)30-16(4)26)19-13-21(17-8-6-5-7-9-17)32-23(19)31-24(28)29/h5-14H,1-4H3,(H,28,29). The fraction of sp³-hybridized carbons (Fsp3) is 0.208. The predicted molar refractivity (Wildman–Crippen MR) is 123 cm³/mol. The maximum absolute atomic E-state index is 13.6. The van der Waals surface area contributed by atoms with Crippen LogP contribution in [0, 0.1) is 6.92 Å². The van der Waals surface area contributed by atoms with Gasteiger partial charge < -0.3 is 19.5 Å². The number of carboxylic acid groups (broad SMARTS) is 1. The molecule has 0 spiro atoms. The lowest BCUT2D eigenvalue weighted by Crippen LogP contribution is -2.37. The SMILES string of the molecule is CC(=O)Oc1cc(C)ccc1C(=O)N(c1cc(-c2ccccc2)sc1OC(=O)O)C(C)C. The van der Waals surface area contributed by atoms with Crippen molar-refractivity contribution < 1.29 is 29.0 Å². The maximum Gasteiger partial charge on any atom is 0.512 e. The van der Waals surface area contributed by atoms with Gasteiger partial charge in [0.1, 0.15) is 5.75 Å². The van der Waals surface area contributed by atoms with E-state index in [9.17, 15) is 19.5 Å². The van der Waals surface area contributed by atoms with Gasteiger partial charge in [0.25, 0.3) is 5.91 Å². The van der Waals surface area contributed by atoms with Crippen LogP contribution in [0.1, 0.15) is 36.7 Å². The monoisotopic (exact) mass is 453 g/mol. The highest BCUT2D eigenvalue weighted by Gasteiger charge is 2.29. The zero-order chi connectivity index (χ0) is 23.4. The summed E-state index contributed by atoms with van der Waals surface area (Å²) in [5.74, 6) is -0.839. The normalized spacial score (nSPS) is 10.7. The van der Waals surface area contributed by atoms with Crippen molar-refractivity contribution in [2.75, 3.05) is 4.90 Å². The van der Waals surface area contributed by atoms with E-state index in [0.29, 0.717) is 5.69 Å². The summed E-state index contributed by atoms with van der Waals surface area (Å²) in [7, 11) is 0. The van der Waals surface area contributed by atoms with Crippen LogP contribution in [-0.2, 0) is 4.79 Å². The number of hydrogen-bond acceptors (Lipinski definition) is 6. The Morgan fingerprint density at radius 2 is 1.69 bits per heavy atom. The molecule has 3 rings (SSSR count). The molecule has 0 unspecified atom stereocenters. The van der Waals surface area contributed by atoms with E-state index in [1.54, 1.807) is 24.3 Å². The summed E-state index contributed by atoms with van der Waals surface area (Å²) >= 11 is 1.13. The van der Waals surface area contributed by atoms with Crippen LogP contribution < -0.4 is 14.4 Å². The van der Waals surface area contributed by atoms with Crippen molar-refractivity contribution in [2.24, 2.45) is 0 Å². The quantitative estimate of drug-likeness (QED) is 0.377. The summed E-state index contributed by atoms with van der Waals surface area (Å²) in [4.78, 5) is 38.7. The lowest BCUT2D eigenvalue weighted by Gasteiger charge is -2.27. The third-order valence-electron chi connectivity index (χ3n) is 4.53. The van der Waals surface area contributed by atoms with E-state index in [1.807, 2.05) is 51.1 Å². The number of ether oxygens (including phenoxy) is 2. The highest BCUT2D eigenvalue weighted by Crippen LogP contribution is 2.44. The van der Waals surface area contributed by atoms with Crippen LogP contribution >= 0.6 is 11.3 Å². The van der Waals surface area contributed by atoms with Crippen LogP contribution in [0.3, 0.4) is 0 Å². The third kappa shape index (κ3) is 5.15. The second-order valence-corrected chi connectivity index (χ2v) is 8.39. The van der Waals surface area contributed by atoms with Gasteiger partial charge in [0.05, 0.1) is 11.3 Å². The molecule has 0 radical (unpaired) electrons. The van der Waals surface area contributed by atoms with Crippen molar-refractivity contribution in [1.29, 1.82) is 0 Å². The van der Waals surface area contributed by atoms with Gasteiger partial charge in [0, 0.05) is 17.8 Å². The van der Waals surface area contributed by atoms with Crippen LogP contribution in [-0.4, -0.2) is 29.2 Å². The van der Waals surface area contributed by atoms with E-state index in [0.717, 1.165) is 27.3 Å². The number of benzene rings is 2. The molecular formula is C24H23NO6S. The Morgan fingerprint density at radius 1 is 1.00 bits per heavy atom. The van der Waals surface area contributed by atoms with Gasteiger partial charge in [-0.25, -0.2) is 4.79 Å². The Balaban J connectivity index is 2.13. The number of esters is 1. The van der Waals surface area contributed by atoms with Gasteiger partial charge in [-0.2, -0.15) is 0 Å². The summed E-state index contributed by atoms with van der Waals surface area (Å²) in [6.45, 7) is 6.70. The Labute approximate surface area is 189 Å². The summed E-state index contributed by atoms with van der Waals surface area (Å²) in [5, 5.41) is 9.33. The molecule has 0 saturated carbocycles. The highest BCUT2D eigenvalue weighted by molar-refractivity contribution is 7.18. The number of carbonyl (C=O) groups is 3. The fourth-order valence-electron chi connectivity index (χ4n) is 3.23. The molecule has 0 fully saturated rings. The average molecular weight is 454 g/mol. The van der Waals surface area contributed by atoms with Gasteiger partial charge in [-0.05, 0) is 50.1 Å².